The highest BCUT2D eigenvalue weighted by molar-refractivity contribution is 7.92. The van der Waals surface area contributed by atoms with E-state index >= 15 is 0 Å². The molecule has 3 aromatic rings. The molecule has 1 fully saturated rings. The zero-order chi connectivity index (χ0) is 24.1. The first-order valence-corrected chi connectivity index (χ1v) is 13.1. The topological polar surface area (TPSA) is 87.1 Å². The van der Waals surface area contributed by atoms with Gasteiger partial charge in [-0.05, 0) is 59.9 Å². The van der Waals surface area contributed by atoms with Crippen molar-refractivity contribution in [3.05, 3.63) is 77.9 Å². The zero-order valence-electron chi connectivity index (χ0n) is 19.4. The van der Waals surface area contributed by atoms with Crippen molar-refractivity contribution in [2.75, 3.05) is 11.4 Å². The maximum Gasteiger partial charge on any atom is 0.268 e. The van der Waals surface area contributed by atoms with Gasteiger partial charge in [-0.25, -0.2) is 8.42 Å². The summed E-state index contributed by atoms with van der Waals surface area (Å²) in [5, 5.41) is 19.9. The van der Waals surface area contributed by atoms with Gasteiger partial charge in [-0.15, -0.1) is 0 Å². The number of hydrogen-bond acceptors (Lipinski definition) is 5. The SMILES string of the molecule is COc1ccc(N(Cc2cccc(CC3CCCCC3)c2)S(=O)(=O)c2ccc(O)cc2O)cc1. The highest BCUT2D eigenvalue weighted by atomic mass is 32.2. The van der Waals surface area contributed by atoms with Crippen LogP contribution < -0.4 is 9.04 Å². The maximum atomic E-state index is 13.7. The normalized spacial score (nSPS) is 14.6. The van der Waals surface area contributed by atoms with Crippen molar-refractivity contribution in [2.24, 2.45) is 5.92 Å². The average molecular weight is 482 g/mol. The lowest BCUT2D eigenvalue weighted by Crippen LogP contribution is -2.30. The molecule has 1 aliphatic carbocycles. The van der Waals surface area contributed by atoms with Gasteiger partial charge in [-0.2, -0.15) is 0 Å². The molecule has 0 aliphatic heterocycles. The van der Waals surface area contributed by atoms with Crippen LogP contribution in [0.25, 0.3) is 0 Å². The van der Waals surface area contributed by atoms with Crippen molar-refractivity contribution in [1.29, 1.82) is 0 Å². The van der Waals surface area contributed by atoms with Crippen LogP contribution in [0.3, 0.4) is 0 Å². The molecule has 7 heteroatoms. The fourth-order valence-corrected chi connectivity index (χ4v) is 6.17. The number of anilines is 1. The number of rotatable bonds is 8. The summed E-state index contributed by atoms with van der Waals surface area (Å²) in [6.07, 6.45) is 7.37. The Morgan fingerprint density at radius 3 is 2.29 bits per heavy atom. The molecule has 0 amide bonds. The summed E-state index contributed by atoms with van der Waals surface area (Å²) in [6.45, 7) is 0.105. The molecule has 3 aromatic carbocycles. The Hall–Kier alpha value is -3.19. The largest absolute Gasteiger partial charge is 0.508 e. The van der Waals surface area contributed by atoms with Crippen LogP contribution in [-0.4, -0.2) is 25.7 Å². The Morgan fingerprint density at radius 1 is 0.912 bits per heavy atom. The molecule has 1 saturated carbocycles. The minimum absolute atomic E-state index is 0.105. The first-order chi connectivity index (χ1) is 16.4. The third-order valence-corrected chi connectivity index (χ3v) is 8.26. The van der Waals surface area contributed by atoms with E-state index < -0.39 is 15.8 Å². The molecule has 0 radical (unpaired) electrons. The molecule has 0 spiro atoms. The van der Waals surface area contributed by atoms with E-state index in [1.54, 1.807) is 31.4 Å². The number of sulfonamides is 1. The number of phenols is 2. The summed E-state index contributed by atoms with van der Waals surface area (Å²) in [4.78, 5) is -0.264. The maximum absolute atomic E-state index is 13.7. The van der Waals surface area contributed by atoms with Crippen molar-refractivity contribution in [3.63, 3.8) is 0 Å². The molecule has 6 nitrogen and oxygen atoms in total. The van der Waals surface area contributed by atoms with E-state index in [1.807, 2.05) is 12.1 Å². The van der Waals surface area contributed by atoms with Gasteiger partial charge in [0.05, 0.1) is 19.3 Å². The van der Waals surface area contributed by atoms with Crippen LogP contribution in [0.1, 0.15) is 43.2 Å². The van der Waals surface area contributed by atoms with E-state index in [0.717, 1.165) is 18.1 Å². The fraction of sp³-hybridized carbons (Fsp3) is 0.333. The molecule has 0 saturated heterocycles. The predicted octanol–water partition coefficient (Wildman–Crippen LogP) is 5.62. The van der Waals surface area contributed by atoms with E-state index in [-0.39, 0.29) is 17.2 Å². The summed E-state index contributed by atoms with van der Waals surface area (Å²) >= 11 is 0. The van der Waals surface area contributed by atoms with Crippen LogP contribution in [0, 0.1) is 5.92 Å². The second-order valence-electron chi connectivity index (χ2n) is 8.89. The Balaban J connectivity index is 1.68. The highest BCUT2D eigenvalue weighted by Crippen LogP contribution is 2.34. The van der Waals surface area contributed by atoms with E-state index in [1.165, 1.54) is 54.1 Å². The molecular formula is C27H31NO5S. The summed E-state index contributed by atoms with van der Waals surface area (Å²) in [5.41, 5.74) is 2.53. The van der Waals surface area contributed by atoms with Crippen LogP contribution in [0.15, 0.2) is 71.6 Å². The minimum atomic E-state index is -4.13. The number of methoxy groups -OCH3 is 1. The van der Waals surface area contributed by atoms with Gasteiger partial charge < -0.3 is 14.9 Å². The van der Waals surface area contributed by atoms with Gasteiger partial charge in [0, 0.05) is 6.07 Å². The van der Waals surface area contributed by atoms with Crippen molar-refractivity contribution in [3.8, 4) is 17.2 Å². The Bertz CT molecular complexity index is 1220. The predicted molar refractivity (Wildman–Crippen MR) is 133 cm³/mol. The molecule has 0 aromatic heterocycles. The molecular weight excluding hydrogens is 450 g/mol. The van der Waals surface area contributed by atoms with Crippen molar-refractivity contribution in [1.82, 2.24) is 0 Å². The van der Waals surface area contributed by atoms with Gasteiger partial charge in [0.25, 0.3) is 10.0 Å². The van der Waals surface area contributed by atoms with Gasteiger partial charge in [0.15, 0.2) is 0 Å². The van der Waals surface area contributed by atoms with Gasteiger partial charge in [-0.1, -0.05) is 56.4 Å². The van der Waals surface area contributed by atoms with Crippen LogP contribution in [-0.2, 0) is 23.0 Å². The third-order valence-electron chi connectivity index (χ3n) is 6.44. The smallest absolute Gasteiger partial charge is 0.268 e. The molecule has 0 heterocycles. The van der Waals surface area contributed by atoms with E-state index in [2.05, 4.69) is 12.1 Å². The number of aromatic hydroxyl groups is 2. The molecule has 2 N–H and O–H groups in total. The molecule has 0 bridgehead atoms. The molecule has 34 heavy (non-hydrogen) atoms. The van der Waals surface area contributed by atoms with Crippen molar-refractivity contribution >= 4 is 15.7 Å². The van der Waals surface area contributed by atoms with Crippen LogP contribution >= 0.6 is 0 Å². The van der Waals surface area contributed by atoms with Gasteiger partial charge >= 0.3 is 0 Å². The molecule has 0 atom stereocenters. The van der Waals surface area contributed by atoms with Gasteiger partial charge in [0.2, 0.25) is 0 Å². The van der Waals surface area contributed by atoms with E-state index in [4.69, 9.17) is 4.74 Å². The lowest BCUT2D eigenvalue weighted by Gasteiger charge is -2.26. The lowest BCUT2D eigenvalue weighted by molar-refractivity contribution is 0.356. The fourth-order valence-electron chi connectivity index (χ4n) is 4.65. The summed E-state index contributed by atoms with van der Waals surface area (Å²) < 4.78 is 33.9. The number of phenolic OH excluding ortho intramolecular Hbond substituents is 2. The minimum Gasteiger partial charge on any atom is -0.508 e. The highest BCUT2D eigenvalue weighted by Gasteiger charge is 2.28. The van der Waals surface area contributed by atoms with E-state index in [9.17, 15) is 18.6 Å². The van der Waals surface area contributed by atoms with Crippen molar-refractivity contribution < 1.29 is 23.4 Å². The second kappa shape index (κ2) is 10.4. The lowest BCUT2D eigenvalue weighted by atomic mass is 9.84. The van der Waals surface area contributed by atoms with Crippen LogP contribution in [0.5, 0.6) is 17.2 Å². The van der Waals surface area contributed by atoms with Crippen LogP contribution in [0.4, 0.5) is 5.69 Å². The molecule has 4 rings (SSSR count). The standard InChI is InChI=1S/C27H31NO5S/c1-33-25-13-10-23(11-14-25)28(34(31,32)27-15-12-24(29)18-26(27)30)19-22-9-5-8-21(17-22)16-20-6-3-2-4-7-20/h5,8-15,17-18,20,29-30H,2-4,6-7,16,19H2,1H3. The molecule has 180 valence electrons. The van der Waals surface area contributed by atoms with Crippen LogP contribution in [0.2, 0.25) is 0 Å². The number of ether oxygens (including phenoxy) is 1. The summed E-state index contributed by atoms with van der Waals surface area (Å²) in [6, 6.07) is 18.4. The third kappa shape index (κ3) is 5.47. The Labute approximate surface area is 201 Å². The van der Waals surface area contributed by atoms with E-state index in [0.29, 0.717) is 17.4 Å². The number of nitrogens with zero attached hydrogens (tertiary/aromatic N) is 1. The summed E-state index contributed by atoms with van der Waals surface area (Å²) in [5.74, 6) is 0.592. The van der Waals surface area contributed by atoms with Crippen molar-refractivity contribution in [2.45, 2.75) is 50.0 Å². The quantitative estimate of drug-likeness (QED) is 0.436. The average Bonchev–Trinajstić information content (AvgIpc) is 2.83. The number of hydrogen-bond donors (Lipinski definition) is 2. The monoisotopic (exact) mass is 481 g/mol. The summed E-state index contributed by atoms with van der Waals surface area (Å²) in [7, 11) is -2.58. The number of benzene rings is 3. The second-order valence-corrected chi connectivity index (χ2v) is 10.7. The Morgan fingerprint density at radius 2 is 1.62 bits per heavy atom. The zero-order valence-corrected chi connectivity index (χ0v) is 20.2. The van der Waals surface area contributed by atoms with Gasteiger partial charge in [0.1, 0.15) is 22.1 Å². The first kappa shape index (κ1) is 24.0. The Kier molecular flexibility index (Phi) is 7.32. The molecule has 1 aliphatic rings. The molecule has 0 unspecified atom stereocenters. The van der Waals surface area contributed by atoms with Gasteiger partial charge in [-0.3, -0.25) is 4.31 Å². The first-order valence-electron chi connectivity index (χ1n) is 11.6.